The van der Waals surface area contributed by atoms with Crippen molar-refractivity contribution in [2.45, 2.75) is 13.0 Å². The van der Waals surface area contributed by atoms with Crippen LogP contribution in [0.2, 0.25) is 5.02 Å². The average Bonchev–Trinajstić information content (AvgIpc) is 2.63. The van der Waals surface area contributed by atoms with Gasteiger partial charge >= 0.3 is 0 Å². The first-order valence-electron chi connectivity index (χ1n) is 7.60. The van der Waals surface area contributed by atoms with Crippen LogP contribution in [0.15, 0.2) is 73.3 Å². The Balaban J connectivity index is 0.000000188. The summed E-state index contributed by atoms with van der Waals surface area (Å²) in [6.45, 7) is 2.11. The molecule has 0 saturated heterocycles. The predicted octanol–water partition coefficient (Wildman–Crippen LogP) is 4.38. The van der Waals surface area contributed by atoms with Gasteiger partial charge in [0.25, 0.3) is 0 Å². The molecule has 1 aliphatic rings. The zero-order chi connectivity index (χ0) is 15.9. The molecule has 3 nitrogen and oxygen atoms in total. The molecular weight excluding hydrogens is 306 g/mol. The number of nitrogens with zero attached hydrogens (tertiary/aromatic N) is 3. The molecule has 0 aliphatic carbocycles. The molecule has 3 aromatic rings. The molecule has 1 aliphatic heterocycles. The summed E-state index contributed by atoms with van der Waals surface area (Å²) in [6, 6.07) is 16.3. The van der Waals surface area contributed by atoms with E-state index in [0.717, 1.165) is 24.5 Å². The summed E-state index contributed by atoms with van der Waals surface area (Å²) < 4.78 is 0. The molecule has 23 heavy (non-hydrogen) atoms. The van der Waals surface area contributed by atoms with E-state index in [1.807, 2.05) is 12.4 Å². The van der Waals surface area contributed by atoms with Gasteiger partial charge in [-0.05, 0) is 41.8 Å². The van der Waals surface area contributed by atoms with Gasteiger partial charge in [0.05, 0.1) is 0 Å². The van der Waals surface area contributed by atoms with Crippen molar-refractivity contribution in [3.05, 3.63) is 89.5 Å². The van der Waals surface area contributed by atoms with Crippen LogP contribution in [0.5, 0.6) is 0 Å². The molecule has 4 heteroatoms. The summed E-state index contributed by atoms with van der Waals surface area (Å²) in [4.78, 5) is 10.2. The van der Waals surface area contributed by atoms with Crippen LogP contribution in [0, 0.1) is 0 Å². The first-order valence-corrected chi connectivity index (χ1v) is 7.98. The first-order chi connectivity index (χ1) is 11.3. The normalized spacial score (nSPS) is 12.8. The Morgan fingerprint density at radius 2 is 1.39 bits per heavy atom. The maximum absolute atomic E-state index is 5.50. The minimum atomic E-state index is 0.731. The lowest BCUT2D eigenvalue weighted by molar-refractivity contribution is 0.731. The van der Waals surface area contributed by atoms with Gasteiger partial charge in [-0.2, -0.15) is 0 Å². The van der Waals surface area contributed by atoms with Crippen molar-refractivity contribution in [3.8, 4) is 0 Å². The van der Waals surface area contributed by atoms with Gasteiger partial charge in [0, 0.05) is 48.6 Å². The number of hydrogen-bond donors (Lipinski definition) is 0. The summed E-state index contributed by atoms with van der Waals surface area (Å²) in [5.74, 6) is 0. The highest BCUT2D eigenvalue weighted by molar-refractivity contribution is 6.30. The summed E-state index contributed by atoms with van der Waals surface area (Å²) >= 11 is 5.50. The van der Waals surface area contributed by atoms with Crippen LogP contribution < -0.4 is 4.90 Å². The lowest BCUT2D eigenvalue weighted by Crippen LogP contribution is -2.30. The van der Waals surface area contributed by atoms with Crippen LogP contribution >= 0.6 is 11.6 Å². The third kappa shape index (κ3) is 4.30. The lowest BCUT2D eigenvalue weighted by atomic mass is 10.00. The van der Waals surface area contributed by atoms with Crippen molar-refractivity contribution in [1.82, 2.24) is 9.97 Å². The molecule has 0 saturated carbocycles. The van der Waals surface area contributed by atoms with Gasteiger partial charge < -0.3 is 4.90 Å². The Labute approximate surface area is 141 Å². The topological polar surface area (TPSA) is 29.0 Å². The third-order valence-corrected chi connectivity index (χ3v) is 4.05. The van der Waals surface area contributed by atoms with Crippen LogP contribution in [0.4, 0.5) is 5.69 Å². The van der Waals surface area contributed by atoms with Gasteiger partial charge in [-0.25, -0.2) is 0 Å². The van der Waals surface area contributed by atoms with Crippen molar-refractivity contribution in [3.63, 3.8) is 0 Å². The summed E-state index contributed by atoms with van der Waals surface area (Å²) in [5, 5.41) is 0.731. The van der Waals surface area contributed by atoms with E-state index in [4.69, 9.17) is 11.6 Å². The highest BCUT2D eigenvalue weighted by atomic mass is 35.5. The van der Waals surface area contributed by atoms with Gasteiger partial charge in [0.2, 0.25) is 0 Å². The largest absolute Gasteiger partial charge is 0.367 e. The molecule has 0 radical (unpaired) electrons. The fourth-order valence-electron chi connectivity index (χ4n) is 2.60. The molecule has 0 bridgehead atoms. The van der Waals surface area contributed by atoms with E-state index < -0.39 is 0 Å². The Bertz CT molecular complexity index is 732. The molecule has 0 unspecified atom stereocenters. The van der Waals surface area contributed by atoms with E-state index in [-0.39, 0.29) is 0 Å². The second-order valence-electron chi connectivity index (χ2n) is 5.31. The van der Waals surface area contributed by atoms with Crippen molar-refractivity contribution in [2.24, 2.45) is 0 Å². The second-order valence-corrected chi connectivity index (χ2v) is 5.75. The number of fused-ring (bicyclic) bond motifs is 1. The van der Waals surface area contributed by atoms with E-state index in [1.165, 1.54) is 16.8 Å². The summed E-state index contributed by atoms with van der Waals surface area (Å²) in [5.41, 5.74) is 4.21. The van der Waals surface area contributed by atoms with E-state index in [0.29, 0.717) is 0 Å². The zero-order valence-electron chi connectivity index (χ0n) is 12.8. The van der Waals surface area contributed by atoms with Gasteiger partial charge in [-0.15, -0.1) is 0 Å². The monoisotopic (exact) mass is 323 g/mol. The van der Waals surface area contributed by atoms with Gasteiger partial charge in [0.15, 0.2) is 0 Å². The van der Waals surface area contributed by atoms with Crippen LogP contribution in [0.3, 0.4) is 0 Å². The molecule has 0 atom stereocenters. The van der Waals surface area contributed by atoms with Crippen LogP contribution in [-0.2, 0) is 13.0 Å². The lowest BCUT2D eigenvalue weighted by Gasteiger charge is -2.30. The molecule has 2 aromatic heterocycles. The fourth-order valence-corrected chi connectivity index (χ4v) is 2.72. The standard InChI is InChI=1S/C14H14N2.C5H4ClN/c1-2-4-13-11-16(10-7-12(13)3-1)14-5-8-15-9-6-14;6-5-1-3-7-4-2-5/h1-6,8-9H,7,10-11H2;1-4H. The Morgan fingerprint density at radius 3 is 2.00 bits per heavy atom. The maximum Gasteiger partial charge on any atom is 0.0436 e. The summed E-state index contributed by atoms with van der Waals surface area (Å²) in [6.07, 6.45) is 8.16. The van der Waals surface area contributed by atoms with Gasteiger partial charge in [0.1, 0.15) is 0 Å². The van der Waals surface area contributed by atoms with Crippen LogP contribution in [-0.4, -0.2) is 16.5 Å². The van der Waals surface area contributed by atoms with Crippen molar-refractivity contribution < 1.29 is 0 Å². The average molecular weight is 324 g/mol. The molecular formula is C19H18ClN3. The highest BCUT2D eigenvalue weighted by Gasteiger charge is 2.15. The smallest absolute Gasteiger partial charge is 0.0436 e. The van der Waals surface area contributed by atoms with Gasteiger partial charge in [-0.3, -0.25) is 9.97 Å². The van der Waals surface area contributed by atoms with Gasteiger partial charge in [-0.1, -0.05) is 35.9 Å². The van der Waals surface area contributed by atoms with E-state index >= 15 is 0 Å². The zero-order valence-corrected chi connectivity index (χ0v) is 13.5. The SMILES string of the molecule is Clc1ccncc1.c1ccc2c(c1)CCN(c1ccncc1)C2. The molecule has 0 amide bonds. The van der Waals surface area contributed by atoms with Crippen molar-refractivity contribution in [1.29, 1.82) is 0 Å². The minimum absolute atomic E-state index is 0.731. The van der Waals surface area contributed by atoms with Crippen LogP contribution in [0.25, 0.3) is 0 Å². The van der Waals surface area contributed by atoms with Crippen LogP contribution in [0.1, 0.15) is 11.1 Å². The number of hydrogen-bond acceptors (Lipinski definition) is 3. The molecule has 0 fully saturated rings. The Morgan fingerprint density at radius 1 is 0.783 bits per heavy atom. The number of pyridine rings is 2. The van der Waals surface area contributed by atoms with E-state index in [9.17, 15) is 0 Å². The summed E-state index contributed by atoms with van der Waals surface area (Å²) in [7, 11) is 0. The highest BCUT2D eigenvalue weighted by Crippen LogP contribution is 2.23. The van der Waals surface area contributed by atoms with Crippen molar-refractivity contribution >= 4 is 17.3 Å². The third-order valence-electron chi connectivity index (χ3n) is 3.80. The molecule has 0 spiro atoms. The number of aromatic nitrogens is 2. The predicted molar refractivity (Wildman–Crippen MR) is 94.7 cm³/mol. The number of halogens is 1. The molecule has 116 valence electrons. The first kappa shape index (κ1) is 15.5. The number of benzene rings is 1. The van der Waals surface area contributed by atoms with E-state index in [2.05, 4.69) is 51.3 Å². The fraction of sp³-hybridized carbons (Fsp3) is 0.158. The molecule has 3 heterocycles. The Hall–Kier alpha value is -2.39. The quantitative estimate of drug-likeness (QED) is 0.665. The second kappa shape index (κ2) is 7.75. The molecule has 1 aromatic carbocycles. The van der Waals surface area contributed by atoms with E-state index in [1.54, 1.807) is 24.5 Å². The van der Waals surface area contributed by atoms with Crippen molar-refractivity contribution in [2.75, 3.05) is 11.4 Å². The maximum atomic E-state index is 5.50. The Kier molecular flexibility index (Phi) is 5.22. The molecule has 4 rings (SSSR count). The molecule has 0 N–H and O–H groups in total. The number of anilines is 1. The number of rotatable bonds is 1. The minimum Gasteiger partial charge on any atom is -0.367 e.